The largest absolute Gasteiger partial charge is 0.482 e. The maximum Gasteiger partial charge on any atom is 0.335 e. The lowest BCUT2D eigenvalue weighted by Crippen LogP contribution is -2.28. The molecule has 3 rings (SSSR count). The Morgan fingerprint density at radius 1 is 1.22 bits per heavy atom. The molecule has 27 heavy (non-hydrogen) atoms. The smallest absolute Gasteiger partial charge is 0.335 e. The van der Waals surface area contributed by atoms with Crippen LogP contribution in [0.15, 0.2) is 42.5 Å². The Morgan fingerprint density at radius 2 is 1.96 bits per heavy atom. The summed E-state index contributed by atoms with van der Waals surface area (Å²) in [6.45, 7) is 1.87. The Balaban J connectivity index is 1.55. The zero-order valence-electron chi connectivity index (χ0n) is 14.8. The van der Waals surface area contributed by atoms with E-state index in [1.54, 1.807) is 24.3 Å². The van der Waals surface area contributed by atoms with Gasteiger partial charge in [0.25, 0.3) is 5.91 Å². The van der Waals surface area contributed by atoms with Gasteiger partial charge in [0.2, 0.25) is 5.91 Å². The lowest BCUT2D eigenvalue weighted by atomic mass is 10.0. The summed E-state index contributed by atoms with van der Waals surface area (Å²) in [5.74, 6) is -0.672. The second kappa shape index (κ2) is 7.90. The van der Waals surface area contributed by atoms with Crippen molar-refractivity contribution < 1.29 is 24.2 Å². The predicted molar refractivity (Wildman–Crippen MR) is 98.8 cm³/mol. The molecular weight excluding hydrogens is 348 g/mol. The van der Waals surface area contributed by atoms with Crippen LogP contribution >= 0.6 is 0 Å². The number of rotatable bonds is 6. The van der Waals surface area contributed by atoms with Crippen molar-refractivity contribution in [2.75, 3.05) is 11.9 Å². The maximum atomic E-state index is 12.2. The number of aromatic carboxylic acids is 1. The van der Waals surface area contributed by atoms with Gasteiger partial charge in [-0.1, -0.05) is 18.2 Å². The minimum atomic E-state index is -0.972. The molecule has 0 spiro atoms. The van der Waals surface area contributed by atoms with Gasteiger partial charge >= 0.3 is 5.97 Å². The van der Waals surface area contributed by atoms with Crippen molar-refractivity contribution >= 4 is 23.5 Å². The molecule has 0 radical (unpaired) electrons. The fourth-order valence-corrected chi connectivity index (χ4v) is 2.84. The summed E-state index contributed by atoms with van der Waals surface area (Å²) in [5.41, 5.74) is 2.58. The van der Waals surface area contributed by atoms with Gasteiger partial charge in [-0.3, -0.25) is 9.59 Å². The molecule has 2 aromatic rings. The highest BCUT2D eigenvalue weighted by atomic mass is 16.5. The lowest BCUT2D eigenvalue weighted by Gasteiger charge is -2.21. The normalized spacial score (nSPS) is 13.7. The number of aryl methyl sites for hydroxylation is 1. The summed E-state index contributed by atoms with van der Waals surface area (Å²) in [6, 6.07) is 11.7. The minimum Gasteiger partial charge on any atom is -0.482 e. The van der Waals surface area contributed by atoms with Crippen molar-refractivity contribution in [3.8, 4) is 5.75 Å². The molecule has 2 aromatic carbocycles. The van der Waals surface area contributed by atoms with Crippen LogP contribution < -0.4 is 15.4 Å². The van der Waals surface area contributed by atoms with Gasteiger partial charge in [-0.25, -0.2) is 4.79 Å². The zero-order valence-corrected chi connectivity index (χ0v) is 14.8. The van der Waals surface area contributed by atoms with Gasteiger partial charge in [-0.05, 0) is 48.7 Å². The van der Waals surface area contributed by atoms with E-state index >= 15 is 0 Å². The number of nitrogens with one attached hydrogen (secondary N) is 2. The van der Waals surface area contributed by atoms with Crippen LogP contribution in [0.1, 0.15) is 40.9 Å². The molecule has 0 fully saturated rings. The van der Waals surface area contributed by atoms with E-state index in [1.807, 2.05) is 13.0 Å². The van der Waals surface area contributed by atoms with E-state index in [0.717, 1.165) is 11.1 Å². The SMILES string of the molecule is C[C@H](NC(=O)CCc1ccc(C(=O)O)cc1)c1ccc2c(c1)NC(=O)CO2. The fourth-order valence-electron chi connectivity index (χ4n) is 2.84. The van der Waals surface area contributed by atoms with Crippen LogP contribution in [0.2, 0.25) is 0 Å². The van der Waals surface area contributed by atoms with Crippen molar-refractivity contribution in [3.63, 3.8) is 0 Å². The molecule has 140 valence electrons. The molecule has 0 saturated carbocycles. The van der Waals surface area contributed by atoms with Gasteiger partial charge in [0.1, 0.15) is 5.75 Å². The number of benzene rings is 2. The molecular formula is C20H20N2O5. The average molecular weight is 368 g/mol. The van der Waals surface area contributed by atoms with Crippen molar-refractivity contribution in [2.45, 2.75) is 25.8 Å². The first-order valence-corrected chi connectivity index (χ1v) is 8.60. The number of amides is 2. The molecule has 1 heterocycles. The molecule has 1 aliphatic rings. The molecule has 7 nitrogen and oxygen atoms in total. The minimum absolute atomic E-state index is 0.00603. The summed E-state index contributed by atoms with van der Waals surface area (Å²) in [4.78, 5) is 34.5. The summed E-state index contributed by atoms with van der Waals surface area (Å²) < 4.78 is 5.33. The molecule has 0 aliphatic carbocycles. The molecule has 1 aliphatic heterocycles. The Morgan fingerprint density at radius 3 is 2.67 bits per heavy atom. The highest BCUT2D eigenvalue weighted by Crippen LogP contribution is 2.30. The molecule has 3 N–H and O–H groups in total. The second-order valence-corrected chi connectivity index (χ2v) is 6.38. The Kier molecular flexibility index (Phi) is 5.40. The number of anilines is 1. The van der Waals surface area contributed by atoms with Crippen LogP contribution in [0, 0.1) is 0 Å². The highest BCUT2D eigenvalue weighted by molar-refractivity contribution is 5.95. The fraction of sp³-hybridized carbons (Fsp3) is 0.250. The van der Waals surface area contributed by atoms with Gasteiger partial charge in [0.15, 0.2) is 6.61 Å². The van der Waals surface area contributed by atoms with Gasteiger partial charge < -0.3 is 20.5 Å². The maximum absolute atomic E-state index is 12.2. The van der Waals surface area contributed by atoms with Crippen LogP contribution in [-0.2, 0) is 16.0 Å². The molecule has 2 amide bonds. The topological polar surface area (TPSA) is 105 Å². The van der Waals surface area contributed by atoms with Gasteiger partial charge in [-0.2, -0.15) is 0 Å². The van der Waals surface area contributed by atoms with Crippen LogP contribution in [0.4, 0.5) is 5.69 Å². The Hall–Kier alpha value is -3.35. The number of hydrogen-bond acceptors (Lipinski definition) is 4. The van der Waals surface area contributed by atoms with E-state index in [9.17, 15) is 14.4 Å². The first kappa shape index (κ1) is 18.4. The van der Waals surface area contributed by atoms with E-state index in [2.05, 4.69) is 10.6 Å². The molecule has 0 bridgehead atoms. The zero-order chi connectivity index (χ0) is 19.4. The molecule has 0 unspecified atom stereocenters. The number of ether oxygens (including phenoxy) is 1. The number of hydrogen-bond donors (Lipinski definition) is 3. The van der Waals surface area contributed by atoms with Crippen molar-refractivity contribution in [1.82, 2.24) is 5.32 Å². The second-order valence-electron chi connectivity index (χ2n) is 6.38. The predicted octanol–water partition coefficient (Wildman–Crippen LogP) is 2.53. The summed E-state index contributed by atoms with van der Waals surface area (Å²) >= 11 is 0. The van der Waals surface area contributed by atoms with E-state index < -0.39 is 5.97 Å². The number of carbonyl (C=O) groups is 3. The Labute approximate surface area is 156 Å². The Bertz CT molecular complexity index is 876. The van der Waals surface area contributed by atoms with E-state index in [-0.39, 0.29) is 30.0 Å². The van der Waals surface area contributed by atoms with Gasteiger partial charge in [0, 0.05) is 6.42 Å². The highest BCUT2D eigenvalue weighted by Gasteiger charge is 2.18. The van der Waals surface area contributed by atoms with Gasteiger partial charge in [-0.15, -0.1) is 0 Å². The number of fused-ring (bicyclic) bond motifs is 1. The quantitative estimate of drug-likeness (QED) is 0.727. The number of carboxylic acid groups (broad SMARTS) is 1. The summed E-state index contributed by atoms with van der Waals surface area (Å²) in [6.07, 6.45) is 0.814. The molecule has 0 aromatic heterocycles. The molecule has 0 saturated heterocycles. The van der Waals surface area contributed by atoms with Crippen LogP contribution in [0.3, 0.4) is 0 Å². The summed E-state index contributed by atoms with van der Waals surface area (Å²) in [7, 11) is 0. The average Bonchev–Trinajstić information content (AvgIpc) is 2.66. The number of carboxylic acids is 1. The first-order chi connectivity index (χ1) is 12.9. The lowest BCUT2D eigenvalue weighted by molar-refractivity contribution is -0.121. The van der Waals surface area contributed by atoms with E-state index in [0.29, 0.717) is 24.3 Å². The molecule has 1 atom stereocenters. The third-order valence-corrected chi connectivity index (χ3v) is 4.36. The van der Waals surface area contributed by atoms with Crippen LogP contribution in [-0.4, -0.2) is 29.5 Å². The standard InChI is InChI=1S/C20H20N2O5/c1-12(15-7-8-17-16(10-15)22-19(24)11-27-17)21-18(23)9-4-13-2-5-14(6-3-13)20(25)26/h2-3,5-8,10,12H,4,9,11H2,1H3,(H,21,23)(H,22,24)(H,25,26)/t12-/m0/s1. The van der Waals surface area contributed by atoms with Crippen LogP contribution in [0.25, 0.3) is 0 Å². The van der Waals surface area contributed by atoms with Crippen molar-refractivity contribution in [1.29, 1.82) is 0 Å². The number of carbonyl (C=O) groups excluding carboxylic acids is 2. The summed E-state index contributed by atoms with van der Waals surface area (Å²) in [5, 5.41) is 14.6. The van der Waals surface area contributed by atoms with Crippen LogP contribution in [0.5, 0.6) is 5.75 Å². The first-order valence-electron chi connectivity index (χ1n) is 8.60. The monoisotopic (exact) mass is 368 g/mol. The van der Waals surface area contributed by atoms with E-state index in [1.165, 1.54) is 12.1 Å². The third-order valence-electron chi connectivity index (χ3n) is 4.36. The van der Waals surface area contributed by atoms with Crippen molar-refractivity contribution in [3.05, 3.63) is 59.2 Å². The third kappa shape index (κ3) is 4.63. The van der Waals surface area contributed by atoms with Gasteiger partial charge in [0.05, 0.1) is 17.3 Å². The van der Waals surface area contributed by atoms with Crippen molar-refractivity contribution in [2.24, 2.45) is 0 Å². The molecule has 7 heteroatoms. The van der Waals surface area contributed by atoms with E-state index in [4.69, 9.17) is 9.84 Å².